The molecule has 48 heavy (non-hydrogen) atoms. The molecule has 2 heteroatoms. The standard InChI is InChI=1S/2C22H25.C2H7Si.Zr/c2*1-4-8-17-14-19-10-7-12-21(22(19)15-17)20-11-6-5-9-18(20)13-16(2)3;1-3-2;/h2*5-7,9-12,14-16H,4,8,13H2,1-3H3;3H,1-2H3;. The maximum absolute atomic E-state index is 2.72. The fourth-order valence-electron chi connectivity index (χ4n) is 8.83. The van der Waals surface area contributed by atoms with Crippen LogP contribution >= 0.6 is 0 Å². The zero-order valence-corrected chi connectivity index (χ0v) is 34.5. The molecule has 0 amide bonds. The van der Waals surface area contributed by atoms with E-state index in [4.69, 9.17) is 0 Å². The summed E-state index contributed by atoms with van der Waals surface area (Å²) in [4.78, 5) is 0. The van der Waals surface area contributed by atoms with Gasteiger partial charge in [0.05, 0.1) is 0 Å². The number of fused-ring (bicyclic) bond motifs is 2. The summed E-state index contributed by atoms with van der Waals surface area (Å²) in [6.45, 7) is 19.6. The van der Waals surface area contributed by atoms with E-state index in [1.165, 1.54) is 59.1 Å². The van der Waals surface area contributed by atoms with E-state index in [1.54, 1.807) is 33.4 Å². The normalized spacial score (nSPS) is 16.8. The van der Waals surface area contributed by atoms with Gasteiger partial charge in [0.2, 0.25) is 0 Å². The summed E-state index contributed by atoms with van der Waals surface area (Å²) in [6, 6.07) is 33.2. The van der Waals surface area contributed by atoms with Crippen molar-refractivity contribution in [3.63, 3.8) is 0 Å². The van der Waals surface area contributed by atoms with Crippen molar-refractivity contribution in [2.75, 3.05) is 0 Å². The first-order valence-corrected chi connectivity index (χ1v) is 28.9. The second-order valence-electron chi connectivity index (χ2n) is 15.6. The van der Waals surface area contributed by atoms with E-state index in [-0.39, 0.29) is 0 Å². The van der Waals surface area contributed by atoms with Gasteiger partial charge in [-0.15, -0.1) is 0 Å². The molecule has 0 saturated carbocycles. The van der Waals surface area contributed by atoms with Crippen LogP contribution in [-0.2, 0) is 33.8 Å². The van der Waals surface area contributed by atoms with Gasteiger partial charge < -0.3 is 0 Å². The Morgan fingerprint density at radius 3 is 1.31 bits per heavy atom. The van der Waals surface area contributed by atoms with Crippen LogP contribution in [0.4, 0.5) is 0 Å². The van der Waals surface area contributed by atoms with Gasteiger partial charge in [-0.05, 0) is 0 Å². The fraction of sp³-hybridized carbons (Fsp3) is 0.391. The molecule has 4 aromatic carbocycles. The zero-order valence-electron chi connectivity index (χ0n) is 30.9. The predicted octanol–water partition coefficient (Wildman–Crippen LogP) is 13.2. The van der Waals surface area contributed by atoms with Gasteiger partial charge in [0.25, 0.3) is 0 Å². The van der Waals surface area contributed by atoms with Gasteiger partial charge in [0, 0.05) is 0 Å². The summed E-state index contributed by atoms with van der Waals surface area (Å²) in [5, 5.41) is 0. The first-order chi connectivity index (χ1) is 23.2. The topological polar surface area (TPSA) is 0 Å². The molecule has 0 nitrogen and oxygen atoms in total. The molecule has 2 atom stereocenters. The molecule has 0 saturated heterocycles. The van der Waals surface area contributed by atoms with Crippen molar-refractivity contribution in [2.24, 2.45) is 11.8 Å². The molecule has 0 fully saturated rings. The molecule has 0 N–H and O–H groups in total. The monoisotopic (exact) mass is 727 g/mol. The van der Waals surface area contributed by atoms with Crippen LogP contribution in [0.25, 0.3) is 34.4 Å². The Balaban J connectivity index is 1.50. The number of benzene rings is 4. The summed E-state index contributed by atoms with van der Waals surface area (Å²) in [6.07, 6.45) is 12.5. The third kappa shape index (κ3) is 7.04. The number of rotatable bonds is 13. The van der Waals surface area contributed by atoms with E-state index in [9.17, 15) is 0 Å². The first kappa shape index (κ1) is 35.3. The van der Waals surface area contributed by atoms with Crippen molar-refractivity contribution in [3.8, 4) is 22.3 Å². The van der Waals surface area contributed by atoms with Gasteiger partial charge in [-0.3, -0.25) is 0 Å². The molecule has 0 bridgehead atoms. The maximum atomic E-state index is 2.72. The van der Waals surface area contributed by atoms with Gasteiger partial charge in [-0.2, -0.15) is 0 Å². The zero-order chi connectivity index (χ0) is 33.9. The minimum atomic E-state index is -2.19. The van der Waals surface area contributed by atoms with Crippen LogP contribution in [0.1, 0.15) is 108 Å². The molecule has 4 aromatic rings. The van der Waals surface area contributed by atoms with Crippen LogP contribution in [-0.4, -0.2) is 5.92 Å². The summed E-state index contributed by atoms with van der Waals surface area (Å²) >= 11 is -2.19. The second kappa shape index (κ2) is 15.6. The molecule has 249 valence electrons. The Morgan fingerprint density at radius 1 is 0.542 bits per heavy atom. The van der Waals surface area contributed by atoms with Gasteiger partial charge in [-0.1, -0.05) is 0 Å². The SMILES string of the molecule is CCCC1=Cc2c(-c3ccccc3CC(C)C)cccc2[CH]1[Zr]([CH]1C(CCC)=Cc2c(-c3ccccc3CC(C)C)cccc21)[SiH](C)C. The van der Waals surface area contributed by atoms with Crippen molar-refractivity contribution in [3.05, 3.63) is 129 Å². The molecule has 0 aromatic heterocycles. The third-order valence-corrected chi connectivity index (χ3v) is 32.3. The van der Waals surface area contributed by atoms with Crippen molar-refractivity contribution >= 4 is 18.1 Å². The quantitative estimate of drug-likeness (QED) is 0.120. The fourth-order valence-corrected chi connectivity index (χ4v) is 31.7. The van der Waals surface area contributed by atoms with E-state index >= 15 is 0 Å². The molecule has 2 unspecified atom stereocenters. The van der Waals surface area contributed by atoms with Crippen molar-refractivity contribution < 1.29 is 20.9 Å². The Bertz CT molecular complexity index is 1680. The predicted molar refractivity (Wildman–Crippen MR) is 211 cm³/mol. The van der Waals surface area contributed by atoms with Crippen molar-refractivity contribution in [1.29, 1.82) is 0 Å². The Morgan fingerprint density at radius 2 is 0.938 bits per heavy atom. The van der Waals surface area contributed by atoms with Gasteiger partial charge in [0.1, 0.15) is 0 Å². The molecule has 2 aliphatic carbocycles. The molecule has 6 rings (SSSR count). The van der Waals surface area contributed by atoms with Crippen LogP contribution in [0.2, 0.25) is 13.1 Å². The molecule has 2 aliphatic rings. The Hall–Kier alpha value is -2.54. The van der Waals surface area contributed by atoms with E-state index in [0.717, 1.165) is 12.8 Å². The molecular weight excluding hydrogens is 672 g/mol. The van der Waals surface area contributed by atoms with Crippen LogP contribution in [0, 0.1) is 11.8 Å². The van der Waals surface area contributed by atoms with E-state index in [2.05, 4.69) is 152 Å². The Kier molecular flexibility index (Phi) is 11.4. The number of hydrogen-bond donors (Lipinski definition) is 0. The summed E-state index contributed by atoms with van der Waals surface area (Å²) in [7, 11) is 0. The molecule has 0 aliphatic heterocycles. The Labute approximate surface area is 301 Å². The van der Waals surface area contributed by atoms with E-state index in [0.29, 0.717) is 19.1 Å². The van der Waals surface area contributed by atoms with Gasteiger partial charge in [0.15, 0.2) is 0 Å². The van der Waals surface area contributed by atoms with E-state index in [1.807, 2.05) is 0 Å². The van der Waals surface area contributed by atoms with Crippen LogP contribution in [0.5, 0.6) is 0 Å². The molecule has 0 spiro atoms. The van der Waals surface area contributed by atoms with Crippen LogP contribution in [0.3, 0.4) is 0 Å². The molecule has 0 heterocycles. The summed E-state index contributed by atoms with van der Waals surface area (Å²) < 4.78 is 1.36. The minimum absolute atomic E-state index is 0.641. The first-order valence-electron chi connectivity index (χ1n) is 18.9. The average Bonchev–Trinajstić information content (AvgIpc) is 3.60. The summed E-state index contributed by atoms with van der Waals surface area (Å²) in [5.41, 5.74) is 18.8. The third-order valence-electron chi connectivity index (χ3n) is 10.6. The van der Waals surface area contributed by atoms with Gasteiger partial charge in [-0.25, -0.2) is 0 Å². The number of allylic oxidation sites excluding steroid dienone is 2. The second-order valence-corrected chi connectivity index (χ2v) is 35.7. The van der Waals surface area contributed by atoms with Crippen LogP contribution < -0.4 is 0 Å². The van der Waals surface area contributed by atoms with Crippen molar-refractivity contribution in [1.82, 2.24) is 0 Å². The van der Waals surface area contributed by atoms with Gasteiger partial charge >= 0.3 is 303 Å². The van der Waals surface area contributed by atoms with E-state index < -0.39 is 26.8 Å². The number of hydrogen-bond acceptors (Lipinski definition) is 0. The van der Waals surface area contributed by atoms with Crippen molar-refractivity contribution in [2.45, 2.75) is 100 Å². The molecule has 0 radical (unpaired) electrons. The average molecular weight is 729 g/mol. The summed E-state index contributed by atoms with van der Waals surface area (Å²) in [5.74, 6) is 0.322. The van der Waals surface area contributed by atoms with Crippen LogP contribution in [0.15, 0.2) is 96.1 Å². The molecular formula is C46H57SiZr.